The molecule has 1 aliphatic heterocycles. The third-order valence-corrected chi connectivity index (χ3v) is 2.74. The van der Waals surface area contributed by atoms with Crippen LogP contribution in [0, 0.1) is 5.92 Å². The molecule has 16 heavy (non-hydrogen) atoms. The Morgan fingerprint density at radius 3 is 2.81 bits per heavy atom. The number of Topliss-reactive ketones (excluding diaryl/α,β-unsaturated/α-hetero) is 1. The van der Waals surface area contributed by atoms with Crippen LogP contribution in [0.1, 0.15) is 25.8 Å². The van der Waals surface area contributed by atoms with Gasteiger partial charge in [0.1, 0.15) is 5.78 Å². The first-order valence-corrected chi connectivity index (χ1v) is 5.58. The molecule has 0 spiro atoms. The highest BCUT2D eigenvalue weighted by Crippen LogP contribution is 2.32. The molecule has 0 N–H and O–H groups in total. The molecule has 0 saturated heterocycles. The summed E-state index contributed by atoms with van der Waals surface area (Å²) in [6.07, 6.45) is 1.37. The van der Waals surface area contributed by atoms with Gasteiger partial charge in [-0.25, -0.2) is 0 Å². The van der Waals surface area contributed by atoms with Crippen molar-refractivity contribution < 1.29 is 14.3 Å². The van der Waals surface area contributed by atoms with Crippen molar-refractivity contribution in [2.75, 3.05) is 6.79 Å². The van der Waals surface area contributed by atoms with Crippen LogP contribution in [0.3, 0.4) is 0 Å². The Morgan fingerprint density at radius 1 is 1.31 bits per heavy atom. The Labute approximate surface area is 95.4 Å². The summed E-state index contributed by atoms with van der Waals surface area (Å²) in [6.45, 7) is 4.16. The Balaban J connectivity index is 1.98. The van der Waals surface area contributed by atoms with Crippen molar-refractivity contribution in [1.29, 1.82) is 0 Å². The molecule has 0 radical (unpaired) electrons. The van der Waals surface area contributed by atoms with Crippen molar-refractivity contribution in [1.82, 2.24) is 0 Å². The molecule has 0 amide bonds. The van der Waals surface area contributed by atoms with E-state index >= 15 is 0 Å². The molecule has 1 aliphatic rings. The van der Waals surface area contributed by atoms with Gasteiger partial charge in [0.2, 0.25) is 6.79 Å². The molecule has 3 heteroatoms. The Bertz CT molecular complexity index is 396. The molecule has 0 aromatic heterocycles. The minimum Gasteiger partial charge on any atom is -0.454 e. The van der Waals surface area contributed by atoms with Crippen LogP contribution in [-0.2, 0) is 11.2 Å². The fourth-order valence-corrected chi connectivity index (χ4v) is 1.65. The second kappa shape index (κ2) is 4.56. The number of hydrogen-bond acceptors (Lipinski definition) is 3. The number of aryl methyl sites for hydroxylation is 1. The first-order chi connectivity index (χ1) is 7.66. The summed E-state index contributed by atoms with van der Waals surface area (Å²) in [5.74, 6) is 2.00. The number of fused-ring (bicyclic) bond motifs is 1. The maximum atomic E-state index is 11.5. The summed E-state index contributed by atoms with van der Waals surface area (Å²) >= 11 is 0. The van der Waals surface area contributed by atoms with E-state index in [2.05, 4.69) is 0 Å². The van der Waals surface area contributed by atoms with Crippen molar-refractivity contribution in [3.63, 3.8) is 0 Å². The molecule has 0 saturated carbocycles. The van der Waals surface area contributed by atoms with Gasteiger partial charge < -0.3 is 9.47 Å². The summed E-state index contributed by atoms with van der Waals surface area (Å²) in [4.78, 5) is 11.5. The largest absolute Gasteiger partial charge is 0.454 e. The number of carbonyl (C=O) groups is 1. The summed E-state index contributed by atoms with van der Waals surface area (Å²) in [5.41, 5.74) is 1.12. The molecule has 3 nitrogen and oxygen atoms in total. The third kappa shape index (κ3) is 2.35. The second-order valence-electron chi connectivity index (χ2n) is 4.31. The molecule has 2 rings (SSSR count). The van der Waals surface area contributed by atoms with Gasteiger partial charge in [0.25, 0.3) is 0 Å². The molecule has 0 atom stereocenters. The smallest absolute Gasteiger partial charge is 0.231 e. The summed E-state index contributed by atoms with van der Waals surface area (Å²) in [7, 11) is 0. The molecule has 86 valence electrons. The van der Waals surface area contributed by atoms with E-state index in [-0.39, 0.29) is 5.92 Å². The van der Waals surface area contributed by atoms with Gasteiger partial charge in [-0.3, -0.25) is 4.79 Å². The Hall–Kier alpha value is -1.51. The predicted octanol–water partition coefficient (Wildman–Crippen LogP) is 2.57. The first-order valence-electron chi connectivity index (χ1n) is 5.58. The quantitative estimate of drug-likeness (QED) is 0.782. The molecule has 1 aromatic carbocycles. The number of hydrogen-bond donors (Lipinski definition) is 0. The number of rotatable bonds is 4. The van der Waals surface area contributed by atoms with Gasteiger partial charge in [-0.15, -0.1) is 0 Å². The predicted molar refractivity (Wildman–Crippen MR) is 60.7 cm³/mol. The van der Waals surface area contributed by atoms with Crippen LogP contribution in [0.4, 0.5) is 0 Å². The van der Waals surface area contributed by atoms with Crippen LogP contribution >= 0.6 is 0 Å². The SMILES string of the molecule is CC(C)C(=O)CCc1ccc2c(c1)OCO2. The zero-order chi connectivity index (χ0) is 11.5. The van der Waals surface area contributed by atoms with Crippen molar-refractivity contribution >= 4 is 5.78 Å². The maximum absolute atomic E-state index is 11.5. The lowest BCUT2D eigenvalue weighted by Crippen LogP contribution is -2.07. The monoisotopic (exact) mass is 220 g/mol. The van der Waals surface area contributed by atoms with Crippen molar-refractivity contribution in [3.05, 3.63) is 23.8 Å². The lowest BCUT2D eigenvalue weighted by molar-refractivity contribution is -0.121. The zero-order valence-corrected chi connectivity index (χ0v) is 9.66. The maximum Gasteiger partial charge on any atom is 0.231 e. The normalized spacial score (nSPS) is 13.2. The van der Waals surface area contributed by atoms with Crippen LogP contribution < -0.4 is 9.47 Å². The minimum absolute atomic E-state index is 0.119. The van der Waals surface area contributed by atoms with Crippen LogP contribution in [0.15, 0.2) is 18.2 Å². The molecular weight excluding hydrogens is 204 g/mol. The van der Waals surface area contributed by atoms with E-state index in [9.17, 15) is 4.79 Å². The molecule has 0 unspecified atom stereocenters. The second-order valence-corrected chi connectivity index (χ2v) is 4.31. The Morgan fingerprint density at radius 2 is 2.06 bits per heavy atom. The summed E-state index contributed by atoms with van der Waals surface area (Å²) in [5, 5.41) is 0. The van der Waals surface area contributed by atoms with E-state index in [0.717, 1.165) is 23.5 Å². The van der Waals surface area contributed by atoms with Crippen LogP contribution in [0.5, 0.6) is 11.5 Å². The Kier molecular flexibility index (Phi) is 3.13. The van der Waals surface area contributed by atoms with Crippen molar-refractivity contribution in [2.24, 2.45) is 5.92 Å². The highest BCUT2D eigenvalue weighted by atomic mass is 16.7. The highest BCUT2D eigenvalue weighted by Gasteiger charge is 2.14. The fourth-order valence-electron chi connectivity index (χ4n) is 1.65. The summed E-state index contributed by atoms with van der Waals surface area (Å²) in [6, 6.07) is 5.84. The molecule has 0 aliphatic carbocycles. The lowest BCUT2D eigenvalue weighted by atomic mass is 10.0. The van der Waals surface area contributed by atoms with Crippen molar-refractivity contribution in [3.8, 4) is 11.5 Å². The molecular formula is C13H16O3. The average Bonchev–Trinajstić information content (AvgIpc) is 2.72. The number of benzene rings is 1. The minimum atomic E-state index is 0.119. The fraction of sp³-hybridized carbons (Fsp3) is 0.462. The highest BCUT2D eigenvalue weighted by molar-refractivity contribution is 5.80. The van der Waals surface area contributed by atoms with E-state index in [1.54, 1.807) is 0 Å². The van der Waals surface area contributed by atoms with E-state index in [4.69, 9.17) is 9.47 Å². The molecule has 1 aromatic rings. The first kappa shape index (κ1) is 11.0. The van der Waals surface area contributed by atoms with Crippen LogP contribution in [0.25, 0.3) is 0 Å². The number of carbonyl (C=O) groups excluding carboxylic acids is 1. The van der Waals surface area contributed by atoms with E-state index in [1.807, 2.05) is 32.0 Å². The van der Waals surface area contributed by atoms with E-state index in [0.29, 0.717) is 19.0 Å². The van der Waals surface area contributed by atoms with Crippen LogP contribution in [-0.4, -0.2) is 12.6 Å². The van der Waals surface area contributed by atoms with Gasteiger partial charge >= 0.3 is 0 Å². The lowest BCUT2D eigenvalue weighted by Gasteiger charge is -2.05. The van der Waals surface area contributed by atoms with Gasteiger partial charge in [-0.2, -0.15) is 0 Å². The standard InChI is InChI=1S/C13H16O3/c1-9(2)11(14)5-3-10-4-6-12-13(7-10)16-8-15-12/h4,6-7,9H,3,5,8H2,1-2H3. The number of ketones is 1. The van der Waals surface area contributed by atoms with Crippen molar-refractivity contribution in [2.45, 2.75) is 26.7 Å². The summed E-state index contributed by atoms with van der Waals surface area (Å²) < 4.78 is 10.5. The molecule has 0 fully saturated rings. The third-order valence-electron chi connectivity index (χ3n) is 2.74. The van der Waals surface area contributed by atoms with Gasteiger partial charge in [0.15, 0.2) is 11.5 Å². The average molecular weight is 220 g/mol. The number of ether oxygens (including phenoxy) is 2. The van der Waals surface area contributed by atoms with Crippen LogP contribution in [0.2, 0.25) is 0 Å². The van der Waals surface area contributed by atoms with Gasteiger partial charge in [0, 0.05) is 12.3 Å². The van der Waals surface area contributed by atoms with Gasteiger partial charge in [-0.1, -0.05) is 19.9 Å². The topological polar surface area (TPSA) is 35.5 Å². The molecule has 0 bridgehead atoms. The zero-order valence-electron chi connectivity index (χ0n) is 9.66. The van der Waals surface area contributed by atoms with E-state index in [1.165, 1.54) is 0 Å². The van der Waals surface area contributed by atoms with Gasteiger partial charge in [0.05, 0.1) is 0 Å². The van der Waals surface area contributed by atoms with E-state index < -0.39 is 0 Å². The molecule has 1 heterocycles. The van der Waals surface area contributed by atoms with Gasteiger partial charge in [-0.05, 0) is 24.1 Å².